The minimum Gasteiger partial charge on any atom is -0.368 e. The molecule has 2 aliphatic heterocycles. The highest BCUT2D eigenvalue weighted by Gasteiger charge is 2.28. The molecule has 8 heteroatoms. The number of likely N-dealkylation sites (tertiary alicyclic amines) is 1. The quantitative estimate of drug-likeness (QED) is 0.817. The molecule has 2 fully saturated rings. The Morgan fingerprint density at radius 1 is 1.10 bits per heavy atom. The highest BCUT2D eigenvalue weighted by Crippen LogP contribution is 2.23. The molecule has 2 saturated heterocycles. The second-order valence-corrected chi connectivity index (χ2v) is 7.61. The number of amides is 2. The second-order valence-electron chi connectivity index (χ2n) is 7.61. The van der Waals surface area contributed by atoms with Crippen LogP contribution in [0.15, 0.2) is 42.6 Å². The zero-order valence-corrected chi connectivity index (χ0v) is 17.0. The monoisotopic (exact) mass is 409 g/mol. The highest BCUT2D eigenvalue weighted by atomic mass is 16.5. The summed E-state index contributed by atoms with van der Waals surface area (Å²) in [5.41, 5.74) is 0.763. The number of morpholine rings is 1. The molecule has 0 saturated carbocycles. The lowest BCUT2D eigenvalue weighted by molar-refractivity contribution is -0.145. The number of carbonyl (C=O) groups is 2. The van der Waals surface area contributed by atoms with E-state index in [1.165, 1.54) is 0 Å². The van der Waals surface area contributed by atoms with Gasteiger partial charge in [-0.2, -0.15) is 0 Å². The van der Waals surface area contributed by atoms with E-state index in [1.54, 1.807) is 16.0 Å². The third kappa shape index (κ3) is 5.13. The van der Waals surface area contributed by atoms with Gasteiger partial charge in [-0.3, -0.25) is 9.59 Å². The summed E-state index contributed by atoms with van der Waals surface area (Å²) in [4.78, 5) is 37.4. The Morgan fingerprint density at radius 3 is 2.87 bits per heavy atom. The van der Waals surface area contributed by atoms with Gasteiger partial charge in [0.05, 0.1) is 25.4 Å². The van der Waals surface area contributed by atoms with Gasteiger partial charge in [-0.15, -0.1) is 0 Å². The number of aromatic nitrogens is 2. The van der Waals surface area contributed by atoms with Crippen LogP contribution in [0.4, 0.5) is 11.6 Å². The molecule has 2 aromatic heterocycles. The van der Waals surface area contributed by atoms with Gasteiger partial charge in [0, 0.05) is 25.7 Å². The van der Waals surface area contributed by atoms with E-state index in [9.17, 15) is 9.59 Å². The topological polar surface area (TPSA) is 87.7 Å². The summed E-state index contributed by atoms with van der Waals surface area (Å²) >= 11 is 0. The van der Waals surface area contributed by atoms with Crippen LogP contribution in [-0.4, -0.2) is 64.4 Å². The summed E-state index contributed by atoms with van der Waals surface area (Å²) in [5.74, 6) is 1.45. The third-order valence-electron chi connectivity index (χ3n) is 5.44. The molecule has 0 aromatic carbocycles. The molecule has 1 atom stereocenters. The predicted octanol–water partition coefficient (Wildman–Crippen LogP) is 2.52. The fraction of sp³-hybridized carbons (Fsp3) is 0.455. The zero-order valence-electron chi connectivity index (χ0n) is 17.0. The van der Waals surface area contributed by atoms with E-state index in [4.69, 9.17) is 4.74 Å². The van der Waals surface area contributed by atoms with Crippen molar-refractivity contribution < 1.29 is 14.3 Å². The van der Waals surface area contributed by atoms with Gasteiger partial charge in [0.2, 0.25) is 11.8 Å². The Bertz CT molecular complexity index is 876. The molecular weight excluding hydrogens is 382 g/mol. The van der Waals surface area contributed by atoms with Gasteiger partial charge < -0.3 is 19.9 Å². The molecule has 0 bridgehead atoms. The van der Waals surface area contributed by atoms with Crippen LogP contribution < -0.4 is 5.32 Å². The SMILES string of the molecule is O=C1CCCCCN1CC(=O)N1CCO[C@H](c2cccc(Nc3ccccn3)n2)C1. The van der Waals surface area contributed by atoms with Gasteiger partial charge in [-0.25, -0.2) is 9.97 Å². The highest BCUT2D eigenvalue weighted by molar-refractivity contribution is 5.85. The third-order valence-corrected chi connectivity index (χ3v) is 5.44. The first kappa shape index (κ1) is 20.3. The maximum absolute atomic E-state index is 12.8. The maximum atomic E-state index is 12.8. The maximum Gasteiger partial charge on any atom is 0.242 e. The number of pyridine rings is 2. The summed E-state index contributed by atoms with van der Waals surface area (Å²) in [5, 5.41) is 3.18. The van der Waals surface area contributed by atoms with Crippen molar-refractivity contribution in [3.05, 3.63) is 48.3 Å². The lowest BCUT2D eigenvalue weighted by atomic mass is 10.2. The van der Waals surface area contributed by atoms with Crippen LogP contribution >= 0.6 is 0 Å². The normalized spacial score (nSPS) is 20.0. The van der Waals surface area contributed by atoms with Crippen LogP contribution in [0.25, 0.3) is 0 Å². The van der Waals surface area contributed by atoms with Crippen molar-refractivity contribution in [2.45, 2.75) is 31.8 Å². The van der Waals surface area contributed by atoms with Gasteiger partial charge in [-0.1, -0.05) is 18.6 Å². The van der Waals surface area contributed by atoms with Gasteiger partial charge in [0.25, 0.3) is 0 Å². The minimum atomic E-state index is -0.298. The molecule has 0 unspecified atom stereocenters. The fourth-order valence-corrected chi connectivity index (χ4v) is 3.79. The summed E-state index contributed by atoms with van der Waals surface area (Å²) in [6.07, 6.45) is 4.88. The molecule has 0 aliphatic carbocycles. The molecule has 2 aliphatic rings. The first-order valence-electron chi connectivity index (χ1n) is 10.5. The van der Waals surface area contributed by atoms with Crippen LogP contribution in [0, 0.1) is 0 Å². The molecule has 4 rings (SSSR count). The molecule has 2 amide bonds. The predicted molar refractivity (Wildman–Crippen MR) is 112 cm³/mol. The molecule has 8 nitrogen and oxygen atoms in total. The summed E-state index contributed by atoms with van der Waals surface area (Å²) in [6, 6.07) is 11.3. The number of hydrogen-bond donors (Lipinski definition) is 1. The Balaban J connectivity index is 1.39. The Morgan fingerprint density at radius 2 is 2.00 bits per heavy atom. The summed E-state index contributed by atoms with van der Waals surface area (Å²) in [7, 11) is 0. The van der Waals surface area contributed by atoms with Gasteiger partial charge in [0.1, 0.15) is 17.7 Å². The second kappa shape index (κ2) is 9.67. The van der Waals surface area contributed by atoms with Crippen LogP contribution in [0.3, 0.4) is 0 Å². The van der Waals surface area contributed by atoms with E-state index >= 15 is 0 Å². The molecule has 158 valence electrons. The van der Waals surface area contributed by atoms with E-state index in [0.29, 0.717) is 44.3 Å². The van der Waals surface area contributed by atoms with Gasteiger partial charge >= 0.3 is 0 Å². The summed E-state index contributed by atoms with van der Waals surface area (Å²) in [6.45, 7) is 2.23. The number of carbonyl (C=O) groups excluding carboxylic acids is 2. The van der Waals surface area contributed by atoms with Crippen LogP contribution in [-0.2, 0) is 14.3 Å². The molecular formula is C22H27N5O3. The first-order valence-corrected chi connectivity index (χ1v) is 10.5. The van der Waals surface area contributed by atoms with E-state index in [0.717, 1.165) is 25.0 Å². The molecule has 1 N–H and O–H groups in total. The number of anilines is 2. The van der Waals surface area contributed by atoms with Crippen molar-refractivity contribution in [2.24, 2.45) is 0 Å². The number of hydrogen-bond acceptors (Lipinski definition) is 6. The Labute approximate surface area is 176 Å². The summed E-state index contributed by atoms with van der Waals surface area (Å²) < 4.78 is 5.90. The van der Waals surface area contributed by atoms with Crippen molar-refractivity contribution in [2.75, 3.05) is 38.1 Å². The van der Waals surface area contributed by atoms with Crippen molar-refractivity contribution in [3.8, 4) is 0 Å². The van der Waals surface area contributed by atoms with Crippen molar-refractivity contribution in [1.29, 1.82) is 0 Å². The standard InChI is InChI=1S/C22H27N5O3/c28-21-10-2-1-5-12-26(21)16-22(29)27-13-14-30-18(15-27)17-7-6-9-20(24-17)25-19-8-3-4-11-23-19/h3-4,6-9,11,18H,1-2,5,10,12-16H2,(H,23,24,25)/t18-/m0/s1. The van der Waals surface area contributed by atoms with E-state index in [-0.39, 0.29) is 24.5 Å². The van der Waals surface area contributed by atoms with Crippen LogP contribution in [0.1, 0.15) is 37.5 Å². The molecule has 4 heterocycles. The lowest BCUT2D eigenvalue weighted by Crippen LogP contribution is -2.47. The smallest absolute Gasteiger partial charge is 0.242 e. The Hall–Kier alpha value is -3.00. The van der Waals surface area contributed by atoms with Crippen LogP contribution in [0.5, 0.6) is 0 Å². The van der Waals surface area contributed by atoms with E-state index < -0.39 is 0 Å². The van der Waals surface area contributed by atoms with Crippen molar-refractivity contribution in [1.82, 2.24) is 19.8 Å². The number of ether oxygens (including phenoxy) is 1. The molecule has 0 spiro atoms. The average molecular weight is 409 g/mol. The zero-order chi connectivity index (χ0) is 20.8. The van der Waals surface area contributed by atoms with Gasteiger partial charge in [0.15, 0.2) is 0 Å². The minimum absolute atomic E-state index is 0.0266. The molecule has 30 heavy (non-hydrogen) atoms. The lowest BCUT2D eigenvalue weighted by Gasteiger charge is -2.34. The van der Waals surface area contributed by atoms with Crippen molar-refractivity contribution in [3.63, 3.8) is 0 Å². The largest absolute Gasteiger partial charge is 0.368 e. The van der Waals surface area contributed by atoms with Gasteiger partial charge in [-0.05, 0) is 37.1 Å². The number of rotatable bonds is 5. The molecule has 0 radical (unpaired) electrons. The number of nitrogens with zero attached hydrogens (tertiary/aromatic N) is 4. The van der Waals surface area contributed by atoms with Crippen molar-refractivity contribution >= 4 is 23.5 Å². The average Bonchev–Trinajstić information content (AvgIpc) is 2.99. The van der Waals surface area contributed by atoms with Crippen LogP contribution in [0.2, 0.25) is 0 Å². The fourth-order valence-electron chi connectivity index (χ4n) is 3.79. The molecule has 2 aromatic rings. The van der Waals surface area contributed by atoms with E-state index in [2.05, 4.69) is 15.3 Å². The number of nitrogens with one attached hydrogen (secondary N) is 1. The van der Waals surface area contributed by atoms with E-state index in [1.807, 2.05) is 36.4 Å². The first-order chi connectivity index (χ1) is 14.7. The Kier molecular flexibility index (Phi) is 6.53.